The van der Waals surface area contributed by atoms with Crippen LogP contribution in [0.5, 0.6) is 0 Å². The minimum Gasteiger partial charge on any atom is -0.265 e. The van der Waals surface area contributed by atoms with E-state index in [1.54, 1.807) is 0 Å². The molecular formula is C48H35N3. The maximum absolute atomic E-state index is 5.26. The molecule has 0 amide bonds. The topological polar surface area (TPSA) is 38.7 Å². The van der Waals surface area contributed by atoms with Crippen LogP contribution in [0.3, 0.4) is 0 Å². The van der Waals surface area contributed by atoms with Crippen molar-refractivity contribution in [3.05, 3.63) is 187 Å². The first-order chi connectivity index (χ1) is 25.0. The summed E-state index contributed by atoms with van der Waals surface area (Å²) in [5.74, 6) is 0.692. The summed E-state index contributed by atoms with van der Waals surface area (Å²) in [5.41, 5.74) is 17.0. The minimum atomic E-state index is -0.0865. The lowest BCUT2D eigenvalue weighted by molar-refractivity contribution is 0.660. The van der Waals surface area contributed by atoms with Gasteiger partial charge in [-0.25, -0.2) is 9.97 Å². The van der Waals surface area contributed by atoms with Crippen LogP contribution in [0.25, 0.3) is 78.4 Å². The second-order valence-corrected chi connectivity index (χ2v) is 13.7. The molecule has 6 aromatic carbocycles. The van der Waals surface area contributed by atoms with Gasteiger partial charge in [-0.05, 0) is 98.1 Å². The fraction of sp³-hybridized carbons (Fsp3) is 0.0625. The van der Waals surface area contributed by atoms with Crippen molar-refractivity contribution in [2.75, 3.05) is 0 Å². The van der Waals surface area contributed by atoms with E-state index in [2.05, 4.69) is 164 Å². The van der Waals surface area contributed by atoms with E-state index in [0.29, 0.717) is 5.82 Å². The van der Waals surface area contributed by atoms with E-state index in [-0.39, 0.29) is 5.41 Å². The number of pyridine rings is 1. The molecule has 0 saturated heterocycles. The highest BCUT2D eigenvalue weighted by Gasteiger charge is 2.35. The molecular weight excluding hydrogens is 619 g/mol. The van der Waals surface area contributed by atoms with Gasteiger partial charge >= 0.3 is 0 Å². The second kappa shape index (κ2) is 12.5. The summed E-state index contributed by atoms with van der Waals surface area (Å²) in [6.07, 6.45) is 3.65. The summed E-state index contributed by atoms with van der Waals surface area (Å²) < 4.78 is 0. The normalized spacial score (nSPS) is 12.7. The molecule has 1 aliphatic rings. The van der Waals surface area contributed by atoms with Crippen molar-refractivity contribution in [1.82, 2.24) is 15.0 Å². The summed E-state index contributed by atoms with van der Waals surface area (Å²) in [7, 11) is 0. The monoisotopic (exact) mass is 653 g/mol. The van der Waals surface area contributed by atoms with E-state index in [1.165, 1.54) is 27.8 Å². The fourth-order valence-corrected chi connectivity index (χ4v) is 7.46. The van der Waals surface area contributed by atoms with Crippen molar-refractivity contribution in [3.63, 3.8) is 0 Å². The zero-order chi connectivity index (χ0) is 34.4. The Morgan fingerprint density at radius 1 is 0.353 bits per heavy atom. The zero-order valence-corrected chi connectivity index (χ0v) is 28.6. The van der Waals surface area contributed by atoms with Crippen molar-refractivity contribution in [2.45, 2.75) is 19.3 Å². The Labute approximate surface area is 299 Å². The molecule has 9 rings (SSSR count). The first-order valence-corrected chi connectivity index (χ1v) is 17.4. The van der Waals surface area contributed by atoms with Crippen molar-refractivity contribution < 1.29 is 0 Å². The third kappa shape index (κ3) is 5.63. The Bertz CT molecular complexity index is 2520. The van der Waals surface area contributed by atoms with Crippen LogP contribution < -0.4 is 0 Å². The predicted molar refractivity (Wildman–Crippen MR) is 210 cm³/mol. The van der Waals surface area contributed by atoms with Gasteiger partial charge in [-0.1, -0.05) is 135 Å². The standard InChI is InChI=1S/C48H35N3/c1-48(2)43-16-10-9-15-41(43)42-22-21-37(30-44(42)48)39-27-38(32-11-5-3-6-12-32)28-40(29-39)47-50-45(35-13-7-4-8-14-35)31-46(51-47)36-19-17-33(18-20-36)34-23-25-49-26-24-34/h3-31H,1-2H3. The van der Waals surface area contributed by atoms with E-state index < -0.39 is 0 Å². The van der Waals surface area contributed by atoms with Gasteiger partial charge in [0.05, 0.1) is 11.4 Å². The molecule has 2 heterocycles. The van der Waals surface area contributed by atoms with Crippen molar-refractivity contribution in [3.8, 4) is 78.4 Å². The number of hydrogen-bond donors (Lipinski definition) is 0. The first-order valence-electron chi connectivity index (χ1n) is 17.4. The number of nitrogens with zero attached hydrogens (tertiary/aromatic N) is 3. The summed E-state index contributed by atoms with van der Waals surface area (Å²) in [6.45, 7) is 4.67. The molecule has 0 spiro atoms. The van der Waals surface area contributed by atoms with Gasteiger partial charge < -0.3 is 0 Å². The van der Waals surface area contributed by atoms with Gasteiger partial charge in [0.2, 0.25) is 0 Å². The molecule has 2 aromatic heterocycles. The minimum absolute atomic E-state index is 0.0865. The van der Waals surface area contributed by atoms with Gasteiger partial charge in [-0.2, -0.15) is 0 Å². The molecule has 0 N–H and O–H groups in total. The average Bonchev–Trinajstić information content (AvgIpc) is 3.44. The molecule has 0 saturated carbocycles. The van der Waals surface area contributed by atoms with E-state index in [1.807, 2.05) is 30.6 Å². The van der Waals surface area contributed by atoms with Gasteiger partial charge in [-0.3, -0.25) is 4.98 Å². The van der Waals surface area contributed by atoms with Gasteiger partial charge in [0, 0.05) is 34.5 Å². The summed E-state index contributed by atoms with van der Waals surface area (Å²) >= 11 is 0. The quantitative estimate of drug-likeness (QED) is 0.179. The van der Waals surface area contributed by atoms with Crippen LogP contribution in [0.4, 0.5) is 0 Å². The number of hydrogen-bond acceptors (Lipinski definition) is 3. The van der Waals surface area contributed by atoms with Crippen LogP contribution in [-0.2, 0) is 5.41 Å². The summed E-state index contributed by atoms with van der Waals surface area (Å²) in [5, 5.41) is 0. The van der Waals surface area contributed by atoms with Crippen LogP contribution in [0.15, 0.2) is 176 Å². The summed E-state index contributed by atoms with van der Waals surface area (Å²) in [6, 6.07) is 58.3. The third-order valence-electron chi connectivity index (χ3n) is 10.2. The van der Waals surface area contributed by atoms with Crippen LogP contribution >= 0.6 is 0 Å². The van der Waals surface area contributed by atoms with Crippen LogP contribution in [0.1, 0.15) is 25.0 Å². The van der Waals surface area contributed by atoms with Gasteiger partial charge in [-0.15, -0.1) is 0 Å². The van der Waals surface area contributed by atoms with Crippen LogP contribution in [0, 0.1) is 0 Å². The molecule has 0 aliphatic heterocycles. The average molecular weight is 654 g/mol. The van der Waals surface area contributed by atoms with E-state index in [0.717, 1.165) is 55.9 Å². The molecule has 3 heteroatoms. The highest BCUT2D eigenvalue weighted by molar-refractivity contribution is 5.86. The third-order valence-corrected chi connectivity index (χ3v) is 10.2. The largest absolute Gasteiger partial charge is 0.265 e. The Morgan fingerprint density at radius 3 is 1.55 bits per heavy atom. The predicted octanol–water partition coefficient (Wildman–Crippen LogP) is 12.2. The van der Waals surface area contributed by atoms with Crippen molar-refractivity contribution in [2.24, 2.45) is 0 Å². The highest BCUT2D eigenvalue weighted by atomic mass is 14.9. The maximum atomic E-state index is 5.26. The molecule has 0 bridgehead atoms. The van der Waals surface area contributed by atoms with E-state index in [4.69, 9.17) is 9.97 Å². The van der Waals surface area contributed by atoms with Crippen LogP contribution in [-0.4, -0.2) is 15.0 Å². The lowest BCUT2D eigenvalue weighted by Gasteiger charge is -2.22. The number of benzene rings is 6. The van der Waals surface area contributed by atoms with Gasteiger partial charge in [0.15, 0.2) is 5.82 Å². The Balaban J connectivity index is 1.21. The van der Waals surface area contributed by atoms with E-state index in [9.17, 15) is 0 Å². The molecule has 0 fully saturated rings. The zero-order valence-electron chi connectivity index (χ0n) is 28.6. The smallest absolute Gasteiger partial charge is 0.160 e. The van der Waals surface area contributed by atoms with Crippen molar-refractivity contribution in [1.29, 1.82) is 0 Å². The van der Waals surface area contributed by atoms with Gasteiger partial charge in [0.25, 0.3) is 0 Å². The molecule has 3 nitrogen and oxygen atoms in total. The highest BCUT2D eigenvalue weighted by Crippen LogP contribution is 2.49. The van der Waals surface area contributed by atoms with Crippen molar-refractivity contribution >= 4 is 0 Å². The second-order valence-electron chi connectivity index (χ2n) is 13.7. The molecule has 0 radical (unpaired) electrons. The molecule has 0 atom stereocenters. The lowest BCUT2D eigenvalue weighted by atomic mass is 9.81. The number of rotatable bonds is 6. The lowest BCUT2D eigenvalue weighted by Crippen LogP contribution is -2.14. The Kier molecular flexibility index (Phi) is 7.48. The number of fused-ring (bicyclic) bond motifs is 3. The van der Waals surface area contributed by atoms with E-state index >= 15 is 0 Å². The molecule has 8 aromatic rings. The molecule has 242 valence electrons. The molecule has 0 unspecified atom stereocenters. The maximum Gasteiger partial charge on any atom is 0.160 e. The molecule has 1 aliphatic carbocycles. The SMILES string of the molecule is CC1(C)c2ccccc2-c2ccc(-c3cc(-c4ccccc4)cc(-c4nc(-c5ccccc5)cc(-c5ccc(-c6ccncc6)cc5)n4)c3)cc21. The first kappa shape index (κ1) is 30.6. The number of aromatic nitrogens is 3. The Morgan fingerprint density at radius 2 is 0.843 bits per heavy atom. The fourth-order valence-electron chi connectivity index (χ4n) is 7.46. The Hall–Kier alpha value is -6.45. The van der Waals surface area contributed by atoms with Gasteiger partial charge in [0.1, 0.15) is 0 Å². The molecule has 51 heavy (non-hydrogen) atoms. The summed E-state index contributed by atoms with van der Waals surface area (Å²) in [4.78, 5) is 14.7. The van der Waals surface area contributed by atoms with Crippen LogP contribution in [0.2, 0.25) is 0 Å².